The van der Waals surface area contributed by atoms with Gasteiger partial charge >= 0.3 is 6.61 Å². The van der Waals surface area contributed by atoms with Crippen molar-refractivity contribution in [3.05, 3.63) is 36.5 Å². The Balaban J connectivity index is 2.14. The first-order valence-corrected chi connectivity index (χ1v) is 6.89. The number of alkyl halides is 2. The second-order valence-corrected chi connectivity index (χ2v) is 4.83. The summed E-state index contributed by atoms with van der Waals surface area (Å²) >= 11 is 1.47. The van der Waals surface area contributed by atoms with Crippen LogP contribution in [0.1, 0.15) is 0 Å². The highest BCUT2D eigenvalue weighted by molar-refractivity contribution is 7.99. The Bertz CT molecular complexity index is 552. The lowest BCUT2D eigenvalue weighted by atomic mass is 10.1. The van der Waals surface area contributed by atoms with Crippen LogP contribution in [0.4, 0.5) is 8.78 Å². The first kappa shape index (κ1) is 14.7. The number of hydrogen-bond acceptors (Lipinski definition) is 5. The van der Waals surface area contributed by atoms with Crippen LogP contribution in [0.3, 0.4) is 0 Å². The lowest BCUT2D eigenvalue weighted by Crippen LogP contribution is -2.02. The number of aromatic nitrogens is 2. The number of benzene rings is 1. The Morgan fingerprint density at radius 3 is 2.60 bits per heavy atom. The van der Waals surface area contributed by atoms with E-state index in [9.17, 15) is 8.78 Å². The van der Waals surface area contributed by atoms with Crippen LogP contribution in [-0.4, -0.2) is 28.9 Å². The van der Waals surface area contributed by atoms with Crippen LogP contribution in [0.15, 0.2) is 41.7 Å². The fraction of sp³-hybridized carbons (Fsp3) is 0.231. The molecule has 1 aromatic heterocycles. The van der Waals surface area contributed by atoms with Crippen LogP contribution in [-0.2, 0) is 0 Å². The first-order chi connectivity index (χ1) is 9.69. The molecule has 0 amide bonds. The second kappa shape index (κ2) is 7.16. The van der Waals surface area contributed by atoms with Crippen molar-refractivity contribution in [3.8, 4) is 17.0 Å². The molecule has 0 fully saturated rings. The average Bonchev–Trinajstić information content (AvgIpc) is 2.45. The molecule has 0 radical (unpaired) electrons. The first-order valence-electron chi connectivity index (χ1n) is 5.90. The van der Waals surface area contributed by atoms with E-state index in [1.54, 1.807) is 24.4 Å². The molecule has 0 bridgehead atoms. The van der Waals surface area contributed by atoms with Crippen molar-refractivity contribution in [2.75, 3.05) is 12.3 Å². The summed E-state index contributed by atoms with van der Waals surface area (Å²) in [4.78, 5) is 8.51. The molecule has 1 aromatic carbocycles. The molecule has 0 atom stereocenters. The van der Waals surface area contributed by atoms with Crippen LogP contribution in [0.2, 0.25) is 0 Å². The van der Waals surface area contributed by atoms with Crippen LogP contribution >= 0.6 is 11.8 Å². The lowest BCUT2D eigenvalue weighted by molar-refractivity contribution is -0.0498. The summed E-state index contributed by atoms with van der Waals surface area (Å²) in [7, 11) is 0. The highest BCUT2D eigenvalue weighted by Gasteiger charge is 2.06. The number of hydrogen-bond donors (Lipinski definition) is 1. The number of halogens is 2. The molecule has 0 aliphatic heterocycles. The summed E-state index contributed by atoms with van der Waals surface area (Å²) in [5.41, 5.74) is 6.96. The SMILES string of the molecule is NCCSc1nccc(-c2ccc(OC(F)F)cc2)n1. The molecule has 2 N–H and O–H groups in total. The average molecular weight is 297 g/mol. The van der Waals surface area contributed by atoms with Crippen LogP contribution < -0.4 is 10.5 Å². The largest absolute Gasteiger partial charge is 0.435 e. The van der Waals surface area contributed by atoms with Crippen molar-refractivity contribution < 1.29 is 13.5 Å². The van der Waals surface area contributed by atoms with E-state index in [0.29, 0.717) is 11.7 Å². The van der Waals surface area contributed by atoms with E-state index in [2.05, 4.69) is 14.7 Å². The zero-order valence-corrected chi connectivity index (χ0v) is 11.3. The zero-order chi connectivity index (χ0) is 14.4. The van der Waals surface area contributed by atoms with Gasteiger partial charge in [0.15, 0.2) is 5.16 Å². The minimum Gasteiger partial charge on any atom is -0.435 e. The van der Waals surface area contributed by atoms with Crippen LogP contribution in [0.25, 0.3) is 11.3 Å². The third-order valence-corrected chi connectivity index (χ3v) is 3.25. The number of ether oxygens (including phenoxy) is 1. The third kappa shape index (κ3) is 4.14. The van der Waals surface area contributed by atoms with Gasteiger partial charge in [0.25, 0.3) is 0 Å². The fourth-order valence-electron chi connectivity index (χ4n) is 1.53. The Morgan fingerprint density at radius 1 is 1.20 bits per heavy atom. The van der Waals surface area contributed by atoms with Gasteiger partial charge in [-0.1, -0.05) is 11.8 Å². The van der Waals surface area contributed by atoms with Gasteiger partial charge in [0.05, 0.1) is 5.69 Å². The summed E-state index contributed by atoms with van der Waals surface area (Å²) < 4.78 is 28.4. The van der Waals surface area contributed by atoms with Crippen molar-refractivity contribution in [2.45, 2.75) is 11.8 Å². The third-order valence-electron chi connectivity index (χ3n) is 2.36. The van der Waals surface area contributed by atoms with Gasteiger partial charge in [0, 0.05) is 24.1 Å². The van der Waals surface area contributed by atoms with E-state index in [-0.39, 0.29) is 5.75 Å². The van der Waals surface area contributed by atoms with Crippen molar-refractivity contribution >= 4 is 11.8 Å². The Morgan fingerprint density at radius 2 is 1.95 bits per heavy atom. The molecule has 106 valence electrons. The van der Waals surface area contributed by atoms with Gasteiger partial charge in [-0.25, -0.2) is 9.97 Å². The molecular formula is C13H13F2N3OS. The predicted molar refractivity (Wildman–Crippen MR) is 73.9 cm³/mol. The predicted octanol–water partition coefficient (Wildman–Crippen LogP) is 2.80. The summed E-state index contributed by atoms with van der Waals surface area (Å²) in [6.07, 6.45) is 1.66. The van der Waals surface area contributed by atoms with E-state index in [0.717, 1.165) is 17.0 Å². The molecule has 0 saturated heterocycles. The molecular weight excluding hydrogens is 284 g/mol. The molecule has 2 aromatic rings. The summed E-state index contributed by atoms with van der Waals surface area (Å²) in [5, 5.41) is 0.640. The van der Waals surface area contributed by atoms with Gasteiger partial charge in [0.1, 0.15) is 5.75 Å². The molecule has 7 heteroatoms. The molecule has 4 nitrogen and oxygen atoms in total. The fourth-order valence-corrected chi connectivity index (χ4v) is 2.13. The molecule has 20 heavy (non-hydrogen) atoms. The molecule has 0 aliphatic rings. The normalized spacial score (nSPS) is 10.8. The standard InChI is InChI=1S/C13H13F2N3OS/c14-12(15)19-10-3-1-9(2-4-10)11-5-7-17-13(18-11)20-8-6-16/h1-5,7,12H,6,8,16H2. The molecule has 0 unspecified atom stereocenters. The molecule has 0 spiro atoms. The minimum absolute atomic E-state index is 0.121. The van der Waals surface area contributed by atoms with E-state index in [1.807, 2.05) is 0 Å². The number of nitrogens with zero attached hydrogens (tertiary/aromatic N) is 2. The lowest BCUT2D eigenvalue weighted by Gasteiger charge is -2.06. The van der Waals surface area contributed by atoms with E-state index < -0.39 is 6.61 Å². The van der Waals surface area contributed by atoms with E-state index >= 15 is 0 Å². The summed E-state index contributed by atoms with van der Waals surface area (Å²) in [5.74, 6) is 0.862. The smallest absolute Gasteiger partial charge is 0.387 e. The molecule has 0 saturated carbocycles. The van der Waals surface area contributed by atoms with Crippen molar-refractivity contribution in [1.29, 1.82) is 0 Å². The number of nitrogens with two attached hydrogens (primary N) is 1. The Labute approximate surface area is 119 Å². The van der Waals surface area contributed by atoms with Crippen LogP contribution in [0.5, 0.6) is 5.75 Å². The Hall–Kier alpha value is -1.73. The quantitative estimate of drug-likeness (QED) is 0.656. The maximum Gasteiger partial charge on any atom is 0.387 e. The topological polar surface area (TPSA) is 61.0 Å². The van der Waals surface area contributed by atoms with Crippen molar-refractivity contribution in [2.24, 2.45) is 5.73 Å². The number of thioether (sulfide) groups is 1. The van der Waals surface area contributed by atoms with E-state index in [4.69, 9.17) is 5.73 Å². The van der Waals surface area contributed by atoms with E-state index in [1.165, 1.54) is 23.9 Å². The number of rotatable bonds is 6. The van der Waals surface area contributed by atoms with Crippen molar-refractivity contribution in [1.82, 2.24) is 9.97 Å². The van der Waals surface area contributed by atoms with Gasteiger partial charge in [-0.15, -0.1) is 0 Å². The minimum atomic E-state index is -2.82. The van der Waals surface area contributed by atoms with Gasteiger partial charge in [0.2, 0.25) is 0 Å². The maximum atomic E-state index is 12.1. The molecule has 1 heterocycles. The van der Waals surface area contributed by atoms with Gasteiger partial charge < -0.3 is 10.5 Å². The summed E-state index contributed by atoms with van der Waals surface area (Å²) in [6, 6.07) is 8.08. The van der Waals surface area contributed by atoms with Crippen molar-refractivity contribution in [3.63, 3.8) is 0 Å². The zero-order valence-electron chi connectivity index (χ0n) is 10.5. The summed E-state index contributed by atoms with van der Waals surface area (Å²) in [6.45, 7) is -2.27. The molecule has 2 rings (SSSR count). The van der Waals surface area contributed by atoms with Gasteiger partial charge in [-0.05, 0) is 30.3 Å². The van der Waals surface area contributed by atoms with Crippen LogP contribution in [0, 0.1) is 0 Å². The highest BCUT2D eigenvalue weighted by atomic mass is 32.2. The van der Waals surface area contributed by atoms with Gasteiger partial charge in [-0.3, -0.25) is 0 Å². The monoisotopic (exact) mass is 297 g/mol. The Kier molecular flexibility index (Phi) is 5.25. The molecule has 0 aliphatic carbocycles. The highest BCUT2D eigenvalue weighted by Crippen LogP contribution is 2.23. The van der Waals surface area contributed by atoms with Gasteiger partial charge in [-0.2, -0.15) is 8.78 Å². The second-order valence-electron chi connectivity index (χ2n) is 3.76. The maximum absolute atomic E-state index is 12.1.